The van der Waals surface area contributed by atoms with Crippen molar-refractivity contribution >= 4 is 17.1 Å². The molecule has 2 rings (SSSR count). The summed E-state index contributed by atoms with van der Waals surface area (Å²) in [7, 11) is 0. The van der Waals surface area contributed by atoms with Gasteiger partial charge in [0.05, 0.1) is 12.9 Å². The van der Waals surface area contributed by atoms with Crippen molar-refractivity contribution in [1.82, 2.24) is 19.5 Å². The molecule has 0 radical (unpaired) electrons. The van der Waals surface area contributed by atoms with Crippen LogP contribution in [0.1, 0.15) is 16.3 Å². The van der Waals surface area contributed by atoms with Gasteiger partial charge in [-0.25, -0.2) is 15.0 Å². The number of aliphatic hydroxyl groups is 1. The van der Waals surface area contributed by atoms with Gasteiger partial charge in [0.2, 0.25) is 0 Å². The van der Waals surface area contributed by atoms with Gasteiger partial charge in [0.1, 0.15) is 11.3 Å². The maximum Gasteiger partial charge on any atom is 0.269 e. The van der Waals surface area contributed by atoms with Gasteiger partial charge in [0.15, 0.2) is 11.3 Å². The number of primary amides is 1. The van der Waals surface area contributed by atoms with E-state index in [-0.39, 0.29) is 12.3 Å². The molecule has 0 saturated heterocycles. The van der Waals surface area contributed by atoms with E-state index in [0.29, 0.717) is 23.5 Å². The number of hydrogen-bond acceptors (Lipinski definition) is 5. The summed E-state index contributed by atoms with van der Waals surface area (Å²) in [5.41, 5.74) is 6.19. The van der Waals surface area contributed by atoms with Crippen LogP contribution in [0.2, 0.25) is 0 Å². The van der Waals surface area contributed by atoms with E-state index in [0.717, 1.165) is 0 Å². The highest BCUT2D eigenvalue weighted by Gasteiger charge is 2.15. The van der Waals surface area contributed by atoms with Crippen molar-refractivity contribution in [2.75, 3.05) is 6.61 Å². The average molecular weight is 221 g/mol. The lowest BCUT2D eigenvalue weighted by atomic mass is 10.3. The molecule has 0 fully saturated rings. The number of aromatic nitrogens is 4. The summed E-state index contributed by atoms with van der Waals surface area (Å²) in [4.78, 5) is 23.3. The van der Waals surface area contributed by atoms with Crippen molar-refractivity contribution in [2.24, 2.45) is 5.73 Å². The minimum absolute atomic E-state index is 0.0274. The van der Waals surface area contributed by atoms with Crippen LogP contribution in [0.25, 0.3) is 11.2 Å². The summed E-state index contributed by atoms with van der Waals surface area (Å²) in [6.07, 6.45) is 1.50. The van der Waals surface area contributed by atoms with E-state index in [2.05, 4.69) is 15.0 Å². The Hall–Kier alpha value is -2.02. The first kappa shape index (κ1) is 10.5. The molecule has 0 atom stereocenters. The number of imidazole rings is 1. The Bertz CT molecular complexity index is 548. The minimum atomic E-state index is -0.634. The van der Waals surface area contributed by atoms with E-state index in [1.807, 2.05) is 0 Å². The molecule has 2 heterocycles. The molecule has 7 nitrogen and oxygen atoms in total. The van der Waals surface area contributed by atoms with E-state index >= 15 is 0 Å². The third-order valence-corrected chi connectivity index (χ3v) is 2.15. The molecule has 0 aliphatic carbocycles. The number of aryl methyl sites for hydroxylation is 1. The number of amides is 1. The van der Waals surface area contributed by atoms with Gasteiger partial charge in [0.25, 0.3) is 5.91 Å². The van der Waals surface area contributed by atoms with Crippen LogP contribution in [0.5, 0.6) is 0 Å². The Morgan fingerprint density at radius 3 is 2.94 bits per heavy atom. The second-order valence-electron chi connectivity index (χ2n) is 3.32. The number of rotatable bonds is 3. The van der Waals surface area contributed by atoms with Crippen LogP contribution < -0.4 is 5.73 Å². The molecule has 0 saturated carbocycles. The van der Waals surface area contributed by atoms with Gasteiger partial charge in [-0.05, 0) is 6.92 Å². The molecule has 16 heavy (non-hydrogen) atoms. The summed E-state index contributed by atoms with van der Waals surface area (Å²) >= 11 is 0. The maximum absolute atomic E-state index is 11.2. The highest BCUT2D eigenvalue weighted by atomic mass is 16.3. The van der Waals surface area contributed by atoms with Crippen LogP contribution in [-0.2, 0) is 6.54 Å². The molecule has 0 spiro atoms. The molecule has 84 valence electrons. The zero-order valence-corrected chi connectivity index (χ0v) is 8.71. The summed E-state index contributed by atoms with van der Waals surface area (Å²) in [5.74, 6) is -0.189. The smallest absolute Gasteiger partial charge is 0.269 e. The molecule has 0 aromatic carbocycles. The SMILES string of the molecule is Cc1nc(C(N)=O)c2ncn(CCO)c2n1. The predicted octanol–water partition coefficient (Wildman–Crippen LogP) is -0.774. The normalized spacial score (nSPS) is 10.9. The van der Waals surface area contributed by atoms with Crippen molar-refractivity contribution in [3.05, 3.63) is 17.8 Å². The molecule has 3 N–H and O–H groups in total. The molecule has 2 aromatic rings. The largest absolute Gasteiger partial charge is 0.395 e. The lowest BCUT2D eigenvalue weighted by Crippen LogP contribution is -2.15. The molecule has 7 heteroatoms. The Labute approximate surface area is 90.9 Å². The van der Waals surface area contributed by atoms with Crippen LogP contribution in [0, 0.1) is 6.92 Å². The summed E-state index contributed by atoms with van der Waals surface area (Å²) in [6, 6.07) is 0. The van der Waals surface area contributed by atoms with Gasteiger partial charge >= 0.3 is 0 Å². The van der Waals surface area contributed by atoms with E-state index in [4.69, 9.17) is 10.8 Å². The number of aliphatic hydroxyl groups excluding tert-OH is 1. The predicted molar refractivity (Wildman–Crippen MR) is 55.7 cm³/mol. The average Bonchev–Trinajstić information content (AvgIpc) is 2.61. The minimum Gasteiger partial charge on any atom is -0.395 e. The lowest BCUT2D eigenvalue weighted by molar-refractivity contribution is 0.0997. The Kier molecular flexibility index (Phi) is 2.53. The number of carbonyl (C=O) groups is 1. The Morgan fingerprint density at radius 2 is 2.31 bits per heavy atom. The fourth-order valence-corrected chi connectivity index (χ4v) is 1.50. The second kappa shape index (κ2) is 3.86. The van der Waals surface area contributed by atoms with Gasteiger partial charge < -0.3 is 15.4 Å². The molecule has 2 aromatic heterocycles. The fourth-order valence-electron chi connectivity index (χ4n) is 1.50. The summed E-state index contributed by atoms with van der Waals surface area (Å²) < 4.78 is 1.65. The van der Waals surface area contributed by atoms with Crippen molar-refractivity contribution in [2.45, 2.75) is 13.5 Å². The first-order valence-electron chi connectivity index (χ1n) is 4.73. The van der Waals surface area contributed by atoms with Crippen LogP contribution in [0.3, 0.4) is 0 Å². The van der Waals surface area contributed by atoms with Crippen LogP contribution in [0.15, 0.2) is 6.33 Å². The van der Waals surface area contributed by atoms with Crippen molar-refractivity contribution < 1.29 is 9.90 Å². The number of hydrogen-bond donors (Lipinski definition) is 2. The van der Waals surface area contributed by atoms with Crippen LogP contribution in [0.4, 0.5) is 0 Å². The van der Waals surface area contributed by atoms with Gasteiger partial charge in [-0.15, -0.1) is 0 Å². The van der Waals surface area contributed by atoms with E-state index in [1.165, 1.54) is 6.33 Å². The first-order valence-corrected chi connectivity index (χ1v) is 4.73. The fraction of sp³-hybridized carbons (Fsp3) is 0.333. The summed E-state index contributed by atoms with van der Waals surface area (Å²) in [5, 5.41) is 8.86. The Balaban J connectivity index is 2.70. The standard InChI is InChI=1S/C9H11N5O2/c1-5-12-6(8(10)16)7-9(13-5)14(2-3-15)4-11-7/h4,15H,2-3H2,1H3,(H2,10,16). The van der Waals surface area contributed by atoms with E-state index in [9.17, 15) is 4.79 Å². The topological polar surface area (TPSA) is 107 Å². The molecule has 0 aliphatic rings. The molecule has 0 unspecified atom stereocenters. The molecule has 0 aliphatic heterocycles. The molecule has 0 bridgehead atoms. The number of carbonyl (C=O) groups excluding carboxylic acids is 1. The van der Waals surface area contributed by atoms with Crippen molar-refractivity contribution in [3.8, 4) is 0 Å². The second-order valence-corrected chi connectivity index (χ2v) is 3.32. The van der Waals surface area contributed by atoms with Gasteiger partial charge in [-0.2, -0.15) is 0 Å². The first-order chi connectivity index (χ1) is 7.63. The van der Waals surface area contributed by atoms with Crippen LogP contribution in [-0.4, -0.2) is 37.1 Å². The van der Waals surface area contributed by atoms with Crippen molar-refractivity contribution in [3.63, 3.8) is 0 Å². The third-order valence-electron chi connectivity index (χ3n) is 2.15. The van der Waals surface area contributed by atoms with Gasteiger partial charge in [-0.1, -0.05) is 0 Å². The number of nitrogens with zero attached hydrogens (tertiary/aromatic N) is 4. The lowest BCUT2D eigenvalue weighted by Gasteiger charge is -2.02. The quantitative estimate of drug-likeness (QED) is 0.707. The highest BCUT2D eigenvalue weighted by molar-refractivity contribution is 6.01. The highest BCUT2D eigenvalue weighted by Crippen LogP contribution is 2.13. The van der Waals surface area contributed by atoms with Crippen molar-refractivity contribution in [1.29, 1.82) is 0 Å². The van der Waals surface area contributed by atoms with Crippen LogP contribution >= 0.6 is 0 Å². The molecular formula is C9H11N5O2. The van der Waals surface area contributed by atoms with Gasteiger partial charge in [0, 0.05) is 6.54 Å². The number of nitrogens with two attached hydrogens (primary N) is 1. The van der Waals surface area contributed by atoms with Gasteiger partial charge in [-0.3, -0.25) is 4.79 Å². The molecule has 1 amide bonds. The van der Waals surface area contributed by atoms with E-state index < -0.39 is 5.91 Å². The third kappa shape index (κ3) is 1.61. The molecular weight excluding hydrogens is 210 g/mol. The zero-order chi connectivity index (χ0) is 11.7. The van der Waals surface area contributed by atoms with E-state index in [1.54, 1.807) is 11.5 Å². The number of fused-ring (bicyclic) bond motifs is 1. The zero-order valence-electron chi connectivity index (χ0n) is 8.71. The maximum atomic E-state index is 11.2. The summed E-state index contributed by atoms with van der Waals surface area (Å²) in [6.45, 7) is 2.01. The Morgan fingerprint density at radius 1 is 1.56 bits per heavy atom. The monoisotopic (exact) mass is 221 g/mol.